The molecule has 2 heteroatoms. The van der Waals surface area contributed by atoms with Crippen molar-refractivity contribution in [1.29, 1.82) is 0 Å². The summed E-state index contributed by atoms with van der Waals surface area (Å²) < 4.78 is 0. The summed E-state index contributed by atoms with van der Waals surface area (Å²) in [6.07, 6.45) is 3.00. The van der Waals surface area contributed by atoms with Gasteiger partial charge in [-0.3, -0.25) is 4.90 Å². The molecule has 1 heterocycles. The molecule has 2 nitrogen and oxygen atoms in total. The highest BCUT2D eigenvalue weighted by molar-refractivity contribution is 5.01. The van der Waals surface area contributed by atoms with E-state index in [4.69, 9.17) is 0 Å². The zero-order valence-corrected chi connectivity index (χ0v) is 10.3. The Balaban J connectivity index is 2.61. The van der Waals surface area contributed by atoms with Gasteiger partial charge in [-0.05, 0) is 39.7 Å². The molecule has 84 valence electrons. The fraction of sp³-hybridized carbons (Fsp3) is 1.00. The number of hydrogen-bond donors (Lipinski definition) is 1. The molecule has 1 aliphatic rings. The van der Waals surface area contributed by atoms with Crippen LogP contribution in [-0.2, 0) is 0 Å². The Morgan fingerprint density at radius 2 is 2.00 bits per heavy atom. The summed E-state index contributed by atoms with van der Waals surface area (Å²) in [4.78, 5) is 2.27. The molecule has 0 aromatic carbocycles. The molecule has 1 fully saturated rings. The minimum absolute atomic E-state index is 0.155. The Bertz CT molecular complexity index is 202. The van der Waals surface area contributed by atoms with Crippen molar-refractivity contribution in [3.8, 4) is 0 Å². The predicted molar refractivity (Wildman–Crippen MR) is 60.3 cm³/mol. The van der Waals surface area contributed by atoms with Gasteiger partial charge in [0.25, 0.3) is 0 Å². The van der Waals surface area contributed by atoms with Gasteiger partial charge in [0.1, 0.15) is 0 Å². The van der Waals surface area contributed by atoms with E-state index in [0.717, 1.165) is 25.8 Å². The molecular weight excluding hydrogens is 174 g/mol. The first-order valence-corrected chi connectivity index (χ1v) is 5.73. The molecule has 0 spiro atoms. The van der Waals surface area contributed by atoms with E-state index in [2.05, 4.69) is 39.6 Å². The van der Waals surface area contributed by atoms with Crippen LogP contribution in [0.25, 0.3) is 0 Å². The quantitative estimate of drug-likeness (QED) is 0.753. The minimum Gasteiger partial charge on any atom is -0.388 e. The highest BCUT2D eigenvalue weighted by atomic mass is 16.3. The first kappa shape index (κ1) is 12.0. The second-order valence-corrected chi connectivity index (χ2v) is 5.79. The maximum Gasteiger partial charge on any atom is 0.0794 e. The smallest absolute Gasteiger partial charge is 0.0794 e. The van der Waals surface area contributed by atoms with Gasteiger partial charge in [0.2, 0.25) is 0 Å². The number of hydrogen-bond acceptors (Lipinski definition) is 2. The van der Waals surface area contributed by atoms with E-state index in [0.29, 0.717) is 5.92 Å². The van der Waals surface area contributed by atoms with Crippen LogP contribution in [0.5, 0.6) is 0 Å². The standard InChI is InChI=1S/C12H25NO/c1-6-10(2)7-12(14)8-11(3,4)13(5)9-12/h10,14H,6-9H2,1-5H3. The molecule has 0 aromatic rings. The second kappa shape index (κ2) is 3.82. The molecular formula is C12H25NO. The van der Waals surface area contributed by atoms with Crippen LogP contribution in [-0.4, -0.2) is 34.7 Å². The van der Waals surface area contributed by atoms with Gasteiger partial charge < -0.3 is 5.11 Å². The van der Waals surface area contributed by atoms with E-state index in [-0.39, 0.29) is 5.54 Å². The first-order chi connectivity index (χ1) is 6.29. The summed E-state index contributed by atoms with van der Waals surface area (Å²) in [5.74, 6) is 0.627. The third-order valence-electron chi connectivity index (χ3n) is 3.75. The molecule has 1 saturated heterocycles. The zero-order valence-electron chi connectivity index (χ0n) is 10.3. The molecule has 0 aliphatic carbocycles. The highest BCUT2D eigenvalue weighted by Crippen LogP contribution is 2.38. The Morgan fingerprint density at radius 3 is 2.36 bits per heavy atom. The Morgan fingerprint density at radius 1 is 1.43 bits per heavy atom. The van der Waals surface area contributed by atoms with Gasteiger partial charge >= 0.3 is 0 Å². The molecule has 0 amide bonds. The number of β-amino-alcohol motifs (C(OH)–C–C–N with tert-alkyl or cyclic N) is 1. The van der Waals surface area contributed by atoms with Gasteiger partial charge in [-0.15, -0.1) is 0 Å². The van der Waals surface area contributed by atoms with Crippen LogP contribution in [0.2, 0.25) is 0 Å². The summed E-state index contributed by atoms with van der Waals surface area (Å²) in [5, 5.41) is 10.5. The van der Waals surface area contributed by atoms with Crippen molar-refractivity contribution in [3.05, 3.63) is 0 Å². The van der Waals surface area contributed by atoms with Gasteiger partial charge in [-0.25, -0.2) is 0 Å². The van der Waals surface area contributed by atoms with Crippen molar-refractivity contribution in [2.75, 3.05) is 13.6 Å². The van der Waals surface area contributed by atoms with E-state index in [1.807, 2.05) is 0 Å². The van der Waals surface area contributed by atoms with E-state index in [1.165, 1.54) is 0 Å². The lowest BCUT2D eigenvalue weighted by Crippen LogP contribution is -2.34. The largest absolute Gasteiger partial charge is 0.388 e. The third kappa shape index (κ3) is 2.48. The molecule has 2 unspecified atom stereocenters. The SMILES string of the molecule is CCC(C)CC1(O)CN(C)C(C)(C)C1. The number of likely N-dealkylation sites (tertiary alicyclic amines) is 1. The maximum absolute atomic E-state index is 10.5. The lowest BCUT2D eigenvalue weighted by Gasteiger charge is -2.27. The van der Waals surface area contributed by atoms with E-state index in [9.17, 15) is 5.11 Å². The number of rotatable bonds is 3. The molecule has 0 radical (unpaired) electrons. The van der Waals surface area contributed by atoms with Gasteiger partial charge in [-0.1, -0.05) is 20.3 Å². The summed E-state index contributed by atoms with van der Waals surface area (Å²) >= 11 is 0. The molecule has 1 N–H and O–H groups in total. The maximum atomic E-state index is 10.5. The predicted octanol–water partition coefficient (Wildman–Crippen LogP) is 2.27. The molecule has 2 atom stereocenters. The van der Waals surface area contributed by atoms with Crippen LogP contribution in [0.3, 0.4) is 0 Å². The lowest BCUT2D eigenvalue weighted by atomic mass is 9.85. The Kier molecular flexibility index (Phi) is 3.27. The normalized spacial score (nSPS) is 34.7. The number of nitrogens with zero attached hydrogens (tertiary/aromatic N) is 1. The van der Waals surface area contributed by atoms with Crippen LogP contribution < -0.4 is 0 Å². The average molecular weight is 199 g/mol. The van der Waals surface area contributed by atoms with Gasteiger partial charge in [0.05, 0.1) is 5.60 Å². The van der Waals surface area contributed by atoms with Gasteiger partial charge in [0.15, 0.2) is 0 Å². The lowest BCUT2D eigenvalue weighted by molar-refractivity contribution is 0.0273. The fourth-order valence-electron chi connectivity index (χ4n) is 2.58. The van der Waals surface area contributed by atoms with Crippen LogP contribution in [0, 0.1) is 5.92 Å². The van der Waals surface area contributed by atoms with Crippen LogP contribution in [0.15, 0.2) is 0 Å². The van der Waals surface area contributed by atoms with Crippen molar-refractivity contribution >= 4 is 0 Å². The first-order valence-electron chi connectivity index (χ1n) is 5.73. The molecule has 1 aliphatic heterocycles. The van der Waals surface area contributed by atoms with Crippen molar-refractivity contribution in [2.24, 2.45) is 5.92 Å². The van der Waals surface area contributed by atoms with Crippen molar-refractivity contribution in [1.82, 2.24) is 4.90 Å². The molecule has 0 saturated carbocycles. The van der Waals surface area contributed by atoms with E-state index in [1.54, 1.807) is 0 Å². The van der Waals surface area contributed by atoms with Crippen LogP contribution in [0.4, 0.5) is 0 Å². The van der Waals surface area contributed by atoms with Crippen LogP contribution in [0.1, 0.15) is 47.0 Å². The third-order valence-corrected chi connectivity index (χ3v) is 3.75. The molecule has 1 rings (SSSR count). The summed E-state index contributed by atoms with van der Waals surface area (Å²) in [7, 11) is 2.11. The van der Waals surface area contributed by atoms with Gasteiger partial charge in [-0.2, -0.15) is 0 Å². The van der Waals surface area contributed by atoms with Gasteiger partial charge in [0, 0.05) is 12.1 Å². The van der Waals surface area contributed by atoms with Crippen molar-refractivity contribution in [3.63, 3.8) is 0 Å². The zero-order chi connectivity index (χ0) is 11.0. The Hall–Kier alpha value is -0.0800. The fourth-order valence-corrected chi connectivity index (χ4v) is 2.58. The molecule has 0 bridgehead atoms. The van der Waals surface area contributed by atoms with Crippen molar-refractivity contribution < 1.29 is 5.11 Å². The minimum atomic E-state index is -0.451. The van der Waals surface area contributed by atoms with Crippen molar-refractivity contribution in [2.45, 2.75) is 58.1 Å². The molecule has 14 heavy (non-hydrogen) atoms. The highest BCUT2D eigenvalue weighted by Gasteiger charge is 2.45. The second-order valence-electron chi connectivity index (χ2n) is 5.79. The number of aliphatic hydroxyl groups is 1. The average Bonchev–Trinajstić information content (AvgIpc) is 2.20. The van der Waals surface area contributed by atoms with E-state index >= 15 is 0 Å². The van der Waals surface area contributed by atoms with Crippen LogP contribution >= 0.6 is 0 Å². The topological polar surface area (TPSA) is 23.5 Å². The Labute approximate surface area is 88.3 Å². The summed E-state index contributed by atoms with van der Waals surface area (Å²) in [6.45, 7) is 9.66. The van der Waals surface area contributed by atoms with E-state index < -0.39 is 5.60 Å². The number of likely N-dealkylation sites (N-methyl/N-ethyl adjacent to an activating group) is 1. The summed E-state index contributed by atoms with van der Waals surface area (Å²) in [5.41, 5.74) is -0.296. The summed E-state index contributed by atoms with van der Waals surface area (Å²) in [6, 6.07) is 0. The monoisotopic (exact) mass is 199 g/mol. The molecule has 0 aromatic heterocycles.